The van der Waals surface area contributed by atoms with Gasteiger partial charge in [-0.2, -0.15) is 0 Å². The molecule has 4 rings (SSSR count). The lowest BCUT2D eigenvalue weighted by Crippen LogP contribution is -2.64. The normalized spacial score (nSPS) is 33.4. The van der Waals surface area contributed by atoms with E-state index in [1.54, 1.807) is 11.8 Å². The molecule has 0 saturated heterocycles. The van der Waals surface area contributed by atoms with Gasteiger partial charge >= 0.3 is 5.97 Å². The molecule has 4 aliphatic carbocycles. The lowest BCUT2D eigenvalue weighted by atomic mass is 9.47. The molecule has 2 unspecified atom stereocenters. The number of amides is 2. The molecule has 6 heteroatoms. The highest BCUT2D eigenvalue weighted by molar-refractivity contribution is 5.83. The molecule has 4 bridgehead atoms. The summed E-state index contributed by atoms with van der Waals surface area (Å²) in [5, 5.41) is 3.15. The van der Waals surface area contributed by atoms with E-state index < -0.39 is 5.41 Å². The molecular formula is C21H32N2O4. The zero-order chi connectivity index (χ0) is 19.8. The molecule has 0 heterocycles. The molecule has 150 valence electrons. The fourth-order valence-electron chi connectivity index (χ4n) is 6.09. The van der Waals surface area contributed by atoms with Gasteiger partial charge in [-0.05, 0) is 64.2 Å². The first-order valence-electron chi connectivity index (χ1n) is 10.0. The number of ether oxygens (including phenoxy) is 1. The molecule has 4 aliphatic rings. The summed E-state index contributed by atoms with van der Waals surface area (Å²) in [6.07, 6.45) is 5.33. The fourth-order valence-corrected chi connectivity index (χ4v) is 6.09. The van der Waals surface area contributed by atoms with E-state index in [1.807, 2.05) is 13.8 Å². The topological polar surface area (TPSA) is 75.7 Å². The molecule has 4 saturated carbocycles. The minimum absolute atomic E-state index is 0.0333. The maximum Gasteiger partial charge on any atom is 0.312 e. The number of nitrogens with one attached hydrogen (secondary N) is 1. The van der Waals surface area contributed by atoms with Crippen molar-refractivity contribution in [2.45, 2.75) is 64.8 Å². The summed E-state index contributed by atoms with van der Waals surface area (Å²) in [6.45, 7) is 9.98. The first kappa shape index (κ1) is 19.9. The van der Waals surface area contributed by atoms with Crippen molar-refractivity contribution in [3.63, 3.8) is 0 Å². The molecule has 0 spiro atoms. The van der Waals surface area contributed by atoms with Gasteiger partial charge in [0.2, 0.25) is 5.91 Å². The van der Waals surface area contributed by atoms with Crippen LogP contribution in [0.4, 0.5) is 0 Å². The average Bonchev–Trinajstić information content (AvgIpc) is 2.54. The largest absolute Gasteiger partial charge is 0.455 e. The van der Waals surface area contributed by atoms with E-state index in [2.05, 4.69) is 11.9 Å². The number of hydrogen-bond donors (Lipinski definition) is 1. The van der Waals surface area contributed by atoms with E-state index in [9.17, 15) is 14.4 Å². The monoisotopic (exact) mass is 376 g/mol. The van der Waals surface area contributed by atoms with Crippen molar-refractivity contribution >= 4 is 17.8 Å². The Hall–Kier alpha value is -1.85. The molecule has 27 heavy (non-hydrogen) atoms. The van der Waals surface area contributed by atoms with E-state index in [4.69, 9.17) is 4.74 Å². The fraction of sp³-hybridized carbons (Fsp3) is 0.762. The second-order valence-corrected chi connectivity index (χ2v) is 9.14. The van der Waals surface area contributed by atoms with Crippen LogP contribution in [0.25, 0.3) is 0 Å². The lowest BCUT2D eigenvalue weighted by Gasteiger charge is -2.60. The van der Waals surface area contributed by atoms with Crippen molar-refractivity contribution in [2.75, 3.05) is 19.7 Å². The third kappa shape index (κ3) is 4.04. The predicted octanol–water partition coefficient (Wildman–Crippen LogP) is 2.43. The van der Waals surface area contributed by atoms with E-state index in [0.717, 1.165) is 37.7 Å². The summed E-state index contributed by atoms with van der Waals surface area (Å²) in [5.41, 5.74) is 0.0851. The van der Waals surface area contributed by atoms with Crippen molar-refractivity contribution in [2.24, 2.45) is 17.3 Å². The summed E-state index contributed by atoms with van der Waals surface area (Å²) < 4.78 is 5.53. The lowest BCUT2D eigenvalue weighted by molar-refractivity contribution is -0.178. The summed E-state index contributed by atoms with van der Waals surface area (Å²) >= 11 is 0. The molecule has 6 nitrogen and oxygen atoms in total. The minimum Gasteiger partial charge on any atom is -0.455 e. The van der Waals surface area contributed by atoms with Gasteiger partial charge < -0.3 is 15.0 Å². The average molecular weight is 376 g/mol. The Balaban J connectivity index is 1.66. The molecule has 4 fully saturated rings. The highest BCUT2D eigenvalue weighted by Gasteiger charge is 2.61. The van der Waals surface area contributed by atoms with Gasteiger partial charge in [0.15, 0.2) is 6.61 Å². The second kappa shape index (κ2) is 7.28. The van der Waals surface area contributed by atoms with Gasteiger partial charge in [-0.25, -0.2) is 0 Å². The third-order valence-corrected chi connectivity index (χ3v) is 6.46. The summed E-state index contributed by atoms with van der Waals surface area (Å²) in [6, 6.07) is 0. The Morgan fingerprint density at radius 2 is 1.78 bits per heavy atom. The Kier molecular flexibility index (Phi) is 5.37. The molecule has 2 amide bonds. The van der Waals surface area contributed by atoms with Crippen LogP contribution < -0.4 is 5.32 Å². The molecule has 0 radical (unpaired) electrons. The van der Waals surface area contributed by atoms with E-state index in [-0.39, 0.29) is 29.9 Å². The quantitative estimate of drug-likeness (QED) is 0.547. The van der Waals surface area contributed by atoms with Gasteiger partial charge in [-0.3, -0.25) is 14.4 Å². The third-order valence-electron chi connectivity index (χ3n) is 6.46. The Labute approximate surface area is 161 Å². The summed E-state index contributed by atoms with van der Waals surface area (Å²) in [5.74, 6) is 0.434. The molecular weight excluding hydrogens is 344 g/mol. The number of esters is 1. The first-order chi connectivity index (χ1) is 12.7. The van der Waals surface area contributed by atoms with Crippen LogP contribution in [0.5, 0.6) is 0 Å². The van der Waals surface area contributed by atoms with E-state index in [1.165, 1.54) is 0 Å². The van der Waals surface area contributed by atoms with Crippen LogP contribution in [-0.2, 0) is 19.1 Å². The molecule has 0 aliphatic heterocycles. The van der Waals surface area contributed by atoms with Gasteiger partial charge in [0, 0.05) is 25.6 Å². The van der Waals surface area contributed by atoms with Crippen molar-refractivity contribution in [1.29, 1.82) is 0 Å². The molecule has 0 aromatic carbocycles. The first-order valence-corrected chi connectivity index (χ1v) is 10.0. The molecule has 0 aromatic rings. The standard InChI is InChI=1S/C21H32N2O4/c1-5-23(11-14(2)3)18(25)12-27-19(26)20-7-16-6-17(8-20)10-21(9-16,13-20)22-15(4)24/h16-17H,2,5-13H2,1,3-4H3,(H,22,24). The molecule has 0 aromatic heterocycles. The van der Waals surface area contributed by atoms with Gasteiger partial charge in [0.1, 0.15) is 0 Å². The molecule has 1 N–H and O–H groups in total. The number of likely N-dealkylation sites (N-methyl/N-ethyl adjacent to an activating group) is 1. The van der Waals surface area contributed by atoms with Gasteiger partial charge in [0.25, 0.3) is 5.91 Å². The summed E-state index contributed by atoms with van der Waals surface area (Å²) in [4.78, 5) is 38.8. The number of rotatable bonds is 7. The zero-order valence-corrected chi connectivity index (χ0v) is 16.8. The van der Waals surface area contributed by atoms with Crippen molar-refractivity contribution in [3.05, 3.63) is 12.2 Å². The van der Waals surface area contributed by atoms with Crippen LogP contribution in [0.15, 0.2) is 12.2 Å². The van der Waals surface area contributed by atoms with E-state index in [0.29, 0.717) is 31.3 Å². The maximum atomic E-state index is 13.0. The Morgan fingerprint density at radius 1 is 1.15 bits per heavy atom. The van der Waals surface area contributed by atoms with Crippen molar-refractivity contribution < 1.29 is 19.1 Å². The number of carbonyl (C=O) groups is 3. The minimum atomic E-state index is -0.543. The number of nitrogens with zero attached hydrogens (tertiary/aromatic N) is 1. The zero-order valence-electron chi connectivity index (χ0n) is 16.8. The van der Waals surface area contributed by atoms with Gasteiger partial charge in [-0.15, -0.1) is 0 Å². The van der Waals surface area contributed by atoms with Gasteiger partial charge in [-0.1, -0.05) is 12.2 Å². The second-order valence-electron chi connectivity index (χ2n) is 9.14. The Bertz CT molecular complexity index is 643. The number of hydrogen-bond acceptors (Lipinski definition) is 4. The van der Waals surface area contributed by atoms with E-state index >= 15 is 0 Å². The van der Waals surface area contributed by atoms with Crippen LogP contribution in [0, 0.1) is 17.3 Å². The SMILES string of the molecule is C=C(C)CN(CC)C(=O)COC(=O)C12CC3CC(CC(NC(C)=O)(C3)C1)C2. The van der Waals surface area contributed by atoms with Crippen molar-refractivity contribution in [1.82, 2.24) is 10.2 Å². The van der Waals surface area contributed by atoms with Crippen LogP contribution in [0.1, 0.15) is 59.3 Å². The molecule has 2 atom stereocenters. The van der Waals surface area contributed by atoms with Crippen LogP contribution in [0.2, 0.25) is 0 Å². The van der Waals surface area contributed by atoms with Crippen LogP contribution in [0.3, 0.4) is 0 Å². The maximum absolute atomic E-state index is 13.0. The smallest absolute Gasteiger partial charge is 0.312 e. The number of carbonyl (C=O) groups excluding carboxylic acids is 3. The summed E-state index contributed by atoms with van der Waals surface area (Å²) in [7, 11) is 0. The highest BCUT2D eigenvalue weighted by Crippen LogP contribution is 2.62. The predicted molar refractivity (Wildman–Crippen MR) is 102 cm³/mol. The van der Waals surface area contributed by atoms with Crippen LogP contribution in [-0.4, -0.2) is 47.9 Å². The van der Waals surface area contributed by atoms with Crippen LogP contribution >= 0.6 is 0 Å². The van der Waals surface area contributed by atoms with Gasteiger partial charge in [0.05, 0.1) is 5.41 Å². The Morgan fingerprint density at radius 3 is 2.30 bits per heavy atom. The van der Waals surface area contributed by atoms with Crippen molar-refractivity contribution in [3.8, 4) is 0 Å². The highest BCUT2D eigenvalue weighted by atomic mass is 16.5.